The molecule has 0 unspecified atom stereocenters. The number of phenols is 3. The van der Waals surface area contributed by atoms with Crippen LogP contribution in [0.5, 0.6) is 17.2 Å². The second-order valence-corrected chi connectivity index (χ2v) is 5.82. The first-order valence-electron chi connectivity index (χ1n) is 7.06. The molecule has 0 aromatic heterocycles. The molecule has 0 bridgehead atoms. The molecule has 0 saturated carbocycles. The first kappa shape index (κ1) is 18.7. The average Bonchev–Trinajstić information content (AvgIpc) is 2.58. The number of carbonyl (C=O) groups is 2. The van der Waals surface area contributed by atoms with E-state index in [1.165, 1.54) is 18.2 Å². The molecule has 0 heterocycles. The van der Waals surface area contributed by atoms with Gasteiger partial charge in [0.1, 0.15) is 0 Å². The molecular formula is C16H14Cl2N2O5. The zero-order chi connectivity index (χ0) is 18.6. The van der Waals surface area contributed by atoms with Crippen molar-refractivity contribution < 1.29 is 24.9 Å². The van der Waals surface area contributed by atoms with E-state index in [2.05, 4.69) is 10.6 Å². The molecule has 2 amide bonds. The summed E-state index contributed by atoms with van der Waals surface area (Å²) in [7, 11) is 0. The topological polar surface area (TPSA) is 119 Å². The maximum Gasteiger partial charge on any atom is 0.251 e. The first-order valence-corrected chi connectivity index (χ1v) is 7.81. The predicted octanol–water partition coefficient (Wildman–Crippen LogP) is 2.27. The number of hydrogen-bond acceptors (Lipinski definition) is 5. The fraction of sp³-hybridized carbons (Fsp3) is 0.125. The van der Waals surface area contributed by atoms with Crippen LogP contribution in [0.4, 0.5) is 0 Å². The molecule has 132 valence electrons. The minimum absolute atomic E-state index is 0.0383. The summed E-state index contributed by atoms with van der Waals surface area (Å²) >= 11 is 11.6. The van der Waals surface area contributed by atoms with Gasteiger partial charge in [-0.1, -0.05) is 23.2 Å². The van der Waals surface area contributed by atoms with E-state index < -0.39 is 23.2 Å². The molecule has 2 rings (SSSR count). The molecule has 0 spiro atoms. The smallest absolute Gasteiger partial charge is 0.251 e. The van der Waals surface area contributed by atoms with Crippen molar-refractivity contribution in [2.24, 2.45) is 0 Å². The third-order valence-electron chi connectivity index (χ3n) is 3.21. The molecule has 5 N–H and O–H groups in total. The van der Waals surface area contributed by atoms with Crippen molar-refractivity contribution in [3.05, 3.63) is 51.5 Å². The fourth-order valence-corrected chi connectivity index (χ4v) is 2.23. The van der Waals surface area contributed by atoms with E-state index in [9.17, 15) is 24.9 Å². The molecule has 2 aromatic carbocycles. The second kappa shape index (κ2) is 7.96. The van der Waals surface area contributed by atoms with E-state index in [-0.39, 0.29) is 29.6 Å². The Hall–Kier alpha value is -2.64. The van der Waals surface area contributed by atoms with E-state index in [0.29, 0.717) is 10.6 Å². The van der Waals surface area contributed by atoms with E-state index in [1.807, 2.05) is 0 Å². The molecule has 0 saturated heterocycles. The van der Waals surface area contributed by atoms with Gasteiger partial charge in [-0.05, 0) is 30.3 Å². The zero-order valence-electron chi connectivity index (χ0n) is 12.7. The second-order valence-electron chi connectivity index (χ2n) is 5.00. The molecule has 0 aliphatic carbocycles. The van der Waals surface area contributed by atoms with Gasteiger partial charge in [-0.15, -0.1) is 0 Å². The van der Waals surface area contributed by atoms with Gasteiger partial charge >= 0.3 is 0 Å². The number of benzene rings is 2. The minimum Gasteiger partial charge on any atom is -0.504 e. The molecule has 25 heavy (non-hydrogen) atoms. The highest BCUT2D eigenvalue weighted by atomic mass is 35.5. The summed E-state index contributed by atoms with van der Waals surface area (Å²) in [6, 6.07) is 6.48. The normalized spacial score (nSPS) is 10.3. The Balaban J connectivity index is 1.85. The van der Waals surface area contributed by atoms with Crippen LogP contribution in [0.15, 0.2) is 30.3 Å². The van der Waals surface area contributed by atoms with Gasteiger partial charge in [0.2, 0.25) is 0 Å². The lowest BCUT2D eigenvalue weighted by Gasteiger charge is -2.09. The number of aromatic hydroxyl groups is 3. The SMILES string of the molecule is O=C(NCCNC(=O)c1ccc(Cl)c(Cl)c1)c1cc(O)c(O)c(O)c1. The van der Waals surface area contributed by atoms with Gasteiger partial charge in [0.25, 0.3) is 11.8 Å². The Kier molecular flexibility index (Phi) is 5.95. The standard InChI is InChI=1S/C16H14Cl2N2O5/c17-10-2-1-8(5-11(10)18)15(24)19-3-4-20-16(25)9-6-12(21)14(23)13(22)7-9/h1-2,5-7,21-23H,3-4H2,(H,19,24)(H,20,25). The maximum atomic E-state index is 11.9. The van der Waals surface area contributed by atoms with Crippen LogP contribution in [-0.4, -0.2) is 40.2 Å². The molecular weight excluding hydrogens is 371 g/mol. The summed E-state index contributed by atoms with van der Waals surface area (Å²) in [5.74, 6) is -2.90. The van der Waals surface area contributed by atoms with Crippen molar-refractivity contribution in [3.8, 4) is 17.2 Å². The number of halogens is 2. The Labute approximate surface area is 152 Å². The predicted molar refractivity (Wildman–Crippen MR) is 92.6 cm³/mol. The summed E-state index contributed by atoms with van der Waals surface area (Å²) in [6.07, 6.45) is 0. The number of rotatable bonds is 5. The molecule has 0 atom stereocenters. The van der Waals surface area contributed by atoms with E-state index >= 15 is 0 Å². The molecule has 0 aliphatic heterocycles. The highest BCUT2D eigenvalue weighted by molar-refractivity contribution is 6.42. The lowest BCUT2D eigenvalue weighted by atomic mass is 10.1. The first-order chi connectivity index (χ1) is 11.8. The van der Waals surface area contributed by atoms with Crippen LogP contribution in [0.3, 0.4) is 0 Å². The molecule has 2 aromatic rings. The number of phenolic OH excluding ortho intramolecular Hbond substituents is 3. The van der Waals surface area contributed by atoms with Crippen molar-refractivity contribution in [3.63, 3.8) is 0 Å². The Morgan fingerprint density at radius 1 is 0.800 bits per heavy atom. The van der Waals surface area contributed by atoms with Gasteiger partial charge in [-0.25, -0.2) is 0 Å². The molecule has 0 fully saturated rings. The van der Waals surface area contributed by atoms with E-state index in [0.717, 1.165) is 12.1 Å². The van der Waals surface area contributed by atoms with Gasteiger partial charge in [0.15, 0.2) is 17.2 Å². The van der Waals surface area contributed by atoms with Gasteiger partial charge < -0.3 is 26.0 Å². The summed E-state index contributed by atoms with van der Waals surface area (Å²) in [6.45, 7) is 0.245. The van der Waals surface area contributed by atoms with Crippen molar-refractivity contribution in [1.29, 1.82) is 0 Å². The monoisotopic (exact) mass is 384 g/mol. The number of amides is 2. The van der Waals surface area contributed by atoms with Crippen molar-refractivity contribution >= 4 is 35.0 Å². The Morgan fingerprint density at radius 3 is 1.84 bits per heavy atom. The molecule has 7 nitrogen and oxygen atoms in total. The summed E-state index contributed by atoms with van der Waals surface area (Å²) in [5.41, 5.74) is 0.290. The van der Waals surface area contributed by atoms with Crippen molar-refractivity contribution in [2.75, 3.05) is 13.1 Å². The van der Waals surface area contributed by atoms with Crippen LogP contribution in [0, 0.1) is 0 Å². The molecule has 0 radical (unpaired) electrons. The summed E-state index contributed by atoms with van der Waals surface area (Å²) in [4.78, 5) is 23.8. The van der Waals surface area contributed by atoms with Crippen LogP contribution in [0.2, 0.25) is 10.0 Å². The summed E-state index contributed by atoms with van der Waals surface area (Å²) < 4.78 is 0. The van der Waals surface area contributed by atoms with Gasteiger partial charge in [-0.2, -0.15) is 0 Å². The highest BCUT2D eigenvalue weighted by Crippen LogP contribution is 2.35. The number of hydrogen-bond donors (Lipinski definition) is 5. The van der Waals surface area contributed by atoms with Crippen LogP contribution in [0.25, 0.3) is 0 Å². The van der Waals surface area contributed by atoms with E-state index in [1.54, 1.807) is 0 Å². The lowest BCUT2D eigenvalue weighted by molar-refractivity contribution is 0.0927. The van der Waals surface area contributed by atoms with Gasteiger partial charge in [0.05, 0.1) is 10.0 Å². The summed E-state index contributed by atoms with van der Waals surface area (Å²) in [5, 5.41) is 33.7. The third kappa shape index (κ3) is 4.68. The lowest BCUT2D eigenvalue weighted by Crippen LogP contribution is -2.34. The van der Waals surface area contributed by atoms with Crippen LogP contribution in [0.1, 0.15) is 20.7 Å². The third-order valence-corrected chi connectivity index (χ3v) is 3.95. The Bertz CT molecular complexity index is 803. The highest BCUT2D eigenvalue weighted by Gasteiger charge is 2.13. The number of carbonyl (C=O) groups excluding carboxylic acids is 2. The van der Waals surface area contributed by atoms with E-state index in [4.69, 9.17) is 23.2 Å². The van der Waals surface area contributed by atoms with Gasteiger partial charge in [-0.3, -0.25) is 9.59 Å². The van der Waals surface area contributed by atoms with Crippen LogP contribution in [-0.2, 0) is 0 Å². The van der Waals surface area contributed by atoms with Crippen molar-refractivity contribution in [1.82, 2.24) is 10.6 Å². The quantitative estimate of drug-likeness (QED) is 0.400. The van der Waals surface area contributed by atoms with Crippen LogP contribution >= 0.6 is 23.2 Å². The zero-order valence-corrected chi connectivity index (χ0v) is 14.2. The molecule has 9 heteroatoms. The minimum atomic E-state index is -0.703. The van der Waals surface area contributed by atoms with Gasteiger partial charge in [0, 0.05) is 24.2 Å². The Morgan fingerprint density at radius 2 is 1.32 bits per heavy atom. The fourth-order valence-electron chi connectivity index (χ4n) is 1.93. The van der Waals surface area contributed by atoms with Crippen LogP contribution < -0.4 is 10.6 Å². The number of nitrogens with one attached hydrogen (secondary N) is 2. The molecule has 0 aliphatic rings. The largest absolute Gasteiger partial charge is 0.504 e. The maximum absolute atomic E-state index is 11.9. The average molecular weight is 385 g/mol. The van der Waals surface area contributed by atoms with Crippen molar-refractivity contribution in [2.45, 2.75) is 0 Å².